The number of ether oxygens (including phenoxy) is 2. The third-order valence-electron chi connectivity index (χ3n) is 4.03. The summed E-state index contributed by atoms with van der Waals surface area (Å²) in [7, 11) is 4.75. The zero-order chi connectivity index (χ0) is 19.4. The molecule has 27 heavy (non-hydrogen) atoms. The van der Waals surface area contributed by atoms with Gasteiger partial charge in [-0.2, -0.15) is 5.10 Å². The Balaban J connectivity index is 2.23. The fraction of sp³-hybridized carbons (Fsp3) is 0.263. The maximum absolute atomic E-state index is 11.8. The van der Waals surface area contributed by atoms with Crippen LogP contribution in [0.15, 0.2) is 36.5 Å². The minimum Gasteiger partial charge on any atom is -0.494 e. The largest absolute Gasteiger partial charge is 0.494 e. The number of aryl methyl sites for hydroxylation is 1. The molecule has 3 rings (SSSR count). The lowest BCUT2D eigenvalue weighted by atomic mass is 10.2. The van der Waals surface area contributed by atoms with Gasteiger partial charge in [0.2, 0.25) is 5.91 Å². The quantitative estimate of drug-likeness (QED) is 0.716. The number of rotatable bonds is 6. The van der Waals surface area contributed by atoms with Gasteiger partial charge in [-0.15, -0.1) is 0 Å². The molecule has 0 atom stereocenters. The van der Waals surface area contributed by atoms with Crippen molar-refractivity contribution in [1.29, 1.82) is 0 Å². The maximum Gasteiger partial charge on any atom is 0.227 e. The van der Waals surface area contributed by atoms with E-state index in [2.05, 4.69) is 20.4 Å². The Bertz CT molecular complexity index is 968. The van der Waals surface area contributed by atoms with Crippen molar-refractivity contribution < 1.29 is 14.3 Å². The highest BCUT2D eigenvalue weighted by molar-refractivity contribution is 5.77. The predicted octanol–water partition coefficient (Wildman–Crippen LogP) is 1.94. The molecule has 0 radical (unpaired) electrons. The fourth-order valence-corrected chi connectivity index (χ4v) is 2.69. The molecule has 2 aromatic heterocycles. The molecule has 0 fully saturated rings. The van der Waals surface area contributed by atoms with E-state index in [1.165, 1.54) is 0 Å². The van der Waals surface area contributed by atoms with Gasteiger partial charge in [-0.05, 0) is 25.1 Å². The van der Waals surface area contributed by atoms with Crippen LogP contribution in [0, 0.1) is 6.92 Å². The lowest BCUT2D eigenvalue weighted by Crippen LogP contribution is -2.20. The van der Waals surface area contributed by atoms with Crippen LogP contribution in [-0.2, 0) is 11.2 Å². The van der Waals surface area contributed by atoms with E-state index in [9.17, 15) is 4.79 Å². The molecule has 1 amide bonds. The van der Waals surface area contributed by atoms with E-state index in [1.54, 1.807) is 32.1 Å². The summed E-state index contributed by atoms with van der Waals surface area (Å²) in [5.74, 6) is 1.97. The first-order valence-electron chi connectivity index (χ1n) is 8.38. The lowest BCUT2D eigenvalue weighted by molar-refractivity contribution is -0.120. The van der Waals surface area contributed by atoms with Gasteiger partial charge in [0.25, 0.3) is 0 Å². The monoisotopic (exact) mass is 367 g/mol. The Morgan fingerprint density at radius 3 is 2.63 bits per heavy atom. The summed E-state index contributed by atoms with van der Waals surface area (Å²) in [4.78, 5) is 20.7. The van der Waals surface area contributed by atoms with Crippen LogP contribution in [0.2, 0.25) is 0 Å². The molecule has 0 aliphatic carbocycles. The number of hydrogen-bond donors (Lipinski definition) is 1. The molecule has 0 saturated carbocycles. The SMILES string of the molecule is CNC(=O)Cc1nc(-c2cc(C)ncc2OC)n(-c2ccccc2OC)n1. The summed E-state index contributed by atoms with van der Waals surface area (Å²) >= 11 is 0. The number of hydrogen-bond acceptors (Lipinski definition) is 6. The molecule has 0 bridgehead atoms. The van der Waals surface area contributed by atoms with E-state index in [0.29, 0.717) is 28.8 Å². The fourth-order valence-electron chi connectivity index (χ4n) is 2.69. The second-order valence-corrected chi connectivity index (χ2v) is 5.81. The third kappa shape index (κ3) is 3.74. The number of nitrogens with zero attached hydrogens (tertiary/aromatic N) is 4. The number of nitrogens with one attached hydrogen (secondary N) is 1. The number of carbonyl (C=O) groups excluding carboxylic acids is 1. The van der Waals surface area contributed by atoms with E-state index in [-0.39, 0.29) is 12.3 Å². The summed E-state index contributed by atoms with van der Waals surface area (Å²) in [6, 6.07) is 9.35. The van der Waals surface area contributed by atoms with Crippen molar-refractivity contribution in [1.82, 2.24) is 25.1 Å². The van der Waals surface area contributed by atoms with Gasteiger partial charge in [-0.25, -0.2) is 9.67 Å². The standard InChI is InChI=1S/C19H21N5O3/c1-12-9-13(16(27-4)11-21-12)19-22-17(10-18(25)20-2)23-24(19)14-7-5-6-8-15(14)26-3/h5-9,11H,10H2,1-4H3,(H,20,25). The van der Waals surface area contributed by atoms with E-state index in [4.69, 9.17) is 9.47 Å². The smallest absolute Gasteiger partial charge is 0.227 e. The molecule has 0 aliphatic heterocycles. The topological polar surface area (TPSA) is 91.2 Å². The Kier molecular flexibility index (Phi) is 5.35. The van der Waals surface area contributed by atoms with Crippen molar-refractivity contribution >= 4 is 5.91 Å². The number of amides is 1. The number of para-hydroxylation sites is 2. The Hall–Kier alpha value is -3.42. The average Bonchev–Trinajstić information content (AvgIpc) is 3.11. The molecule has 0 unspecified atom stereocenters. The second-order valence-electron chi connectivity index (χ2n) is 5.81. The van der Waals surface area contributed by atoms with E-state index >= 15 is 0 Å². The molecule has 8 heteroatoms. The van der Waals surface area contributed by atoms with Crippen molar-refractivity contribution in [3.63, 3.8) is 0 Å². The van der Waals surface area contributed by atoms with Crippen LogP contribution >= 0.6 is 0 Å². The van der Waals surface area contributed by atoms with Gasteiger partial charge >= 0.3 is 0 Å². The first-order valence-corrected chi connectivity index (χ1v) is 8.38. The highest BCUT2D eigenvalue weighted by atomic mass is 16.5. The molecule has 1 aromatic carbocycles. The highest BCUT2D eigenvalue weighted by Gasteiger charge is 2.21. The van der Waals surface area contributed by atoms with Crippen LogP contribution in [0.1, 0.15) is 11.5 Å². The summed E-state index contributed by atoms with van der Waals surface area (Å²) in [5.41, 5.74) is 2.25. The van der Waals surface area contributed by atoms with Crippen molar-refractivity contribution in [2.75, 3.05) is 21.3 Å². The number of likely N-dealkylation sites (N-methyl/N-ethyl adjacent to an activating group) is 1. The van der Waals surface area contributed by atoms with Gasteiger partial charge in [-0.3, -0.25) is 9.78 Å². The molecule has 140 valence electrons. The molecule has 0 spiro atoms. The Labute approximate surface area is 157 Å². The van der Waals surface area contributed by atoms with Crippen molar-refractivity contribution in [3.05, 3.63) is 48.0 Å². The Morgan fingerprint density at radius 2 is 1.93 bits per heavy atom. The molecule has 0 saturated heterocycles. The van der Waals surface area contributed by atoms with Crippen molar-refractivity contribution in [3.8, 4) is 28.6 Å². The number of aromatic nitrogens is 4. The summed E-state index contributed by atoms with van der Waals surface area (Å²) in [6.07, 6.45) is 1.71. The predicted molar refractivity (Wildman–Crippen MR) is 100 cm³/mol. The van der Waals surface area contributed by atoms with Gasteiger partial charge in [0.15, 0.2) is 11.6 Å². The normalized spacial score (nSPS) is 10.5. The molecule has 3 aromatic rings. The van der Waals surface area contributed by atoms with Crippen LogP contribution in [0.5, 0.6) is 11.5 Å². The molecular formula is C19H21N5O3. The number of carbonyl (C=O) groups is 1. The minimum atomic E-state index is -0.170. The zero-order valence-electron chi connectivity index (χ0n) is 15.7. The van der Waals surface area contributed by atoms with Crippen LogP contribution in [0.3, 0.4) is 0 Å². The van der Waals surface area contributed by atoms with Crippen LogP contribution < -0.4 is 14.8 Å². The summed E-state index contributed by atoms with van der Waals surface area (Å²) in [5, 5.41) is 7.14. The first-order chi connectivity index (χ1) is 13.1. The van der Waals surface area contributed by atoms with Gasteiger partial charge in [0, 0.05) is 12.7 Å². The van der Waals surface area contributed by atoms with Crippen LogP contribution in [0.25, 0.3) is 17.1 Å². The van der Waals surface area contributed by atoms with Crippen molar-refractivity contribution in [2.24, 2.45) is 0 Å². The maximum atomic E-state index is 11.8. The first kappa shape index (κ1) is 18.4. The number of methoxy groups -OCH3 is 2. The zero-order valence-corrected chi connectivity index (χ0v) is 15.7. The van der Waals surface area contributed by atoms with Gasteiger partial charge in [0.05, 0.1) is 32.4 Å². The number of benzene rings is 1. The van der Waals surface area contributed by atoms with Gasteiger partial charge < -0.3 is 14.8 Å². The summed E-state index contributed by atoms with van der Waals surface area (Å²) < 4.78 is 12.6. The minimum absolute atomic E-state index is 0.0675. The van der Waals surface area contributed by atoms with E-state index < -0.39 is 0 Å². The molecule has 0 aliphatic rings. The molecule has 1 N–H and O–H groups in total. The summed E-state index contributed by atoms with van der Waals surface area (Å²) in [6.45, 7) is 1.89. The van der Waals surface area contributed by atoms with E-state index in [1.807, 2.05) is 37.3 Å². The molecule has 2 heterocycles. The highest BCUT2D eigenvalue weighted by Crippen LogP contribution is 2.32. The molecular weight excluding hydrogens is 346 g/mol. The lowest BCUT2D eigenvalue weighted by Gasteiger charge is -2.12. The van der Waals surface area contributed by atoms with Crippen molar-refractivity contribution in [2.45, 2.75) is 13.3 Å². The van der Waals surface area contributed by atoms with Crippen LogP contribution in [0.4, 0.5) is 0 Å². The third-order valence-corrected chi connectivity index (χ3v) is 4.03. The number of pyridine rings is 1. The van der Waals surface area contributed by atoms with E-state index in [0.717, 1.165) is 11.3 Å². The molecule has 8 nitrogen and oxygen atoms in total. The van der Waals surface area contributed by atoms with Gasteiger partial charge in [-0.1, -0.05) is 12.1 Å². The van der Waals surface area contributed by atoms with Gasteiger partial charge in [0.1, 0.15) is 17.2 Å². The van der Waals surface area contributed by atoms with Crippen LogP contribution in [-0.4, -0.2) is 46.9 Å². The Morgan fingerprint density at radius 1 is 1.19 bits per heavy atom. The average molecular weight is 367 g/mol. The second kappa shape index (κ2) is 7.86.